The number of nitrogens with zero attached hydrogens (tertiary/aromatic N) is 3. The van der Waals surface area contributed by atoms with Crippen LogP contribution in [0.25, 0.3) is 5.70 Å². The Kier molecular flexibility index (Phi) is 5.12. The molecule has 0 aliphatic carbocycles. The van der Waals surface area contributed by atoms with Crippen LogP contribution in [0.3, 0.4) is 0 Å². The Bertz CT molecular complexity index is 1020. The SMILES string of the molecule is CCc1ccc(C2=CC(c3cc(OC)c(OC)c(OC)c3)n3ncnc3N2)cc1. The van der Waals surface area contributed by atoms with E-state index in [1.807, 2.05) is 16.8 Å². The molecule has 1 aliphatic heterocycles. The Morgan fingerprint density at radius 1 is 1.00 bits per heavy atom. The molecular weight excluding hydrogens is 368 g/mol. The summed E-state index contributed by atoms with van der Waals surface area (Å²) in [6.07, 6.45) is 4.68. The summed E-state index contributed by atoms with van der Waals surface area (Å²) in [4.78, 5) is 4.37. The highest BCUT2D eigenvalue weighted by Crippen LogP contribution is 2.42. The molecule has 0 saturated heterocycles. The summed E-state index contributed by atoms with van der Waals surface area (Å²) < 4.78 is 18.4. The number of fused-ring (bicyclic) bond motifs is 1. The van der Waals surface area contributed by atoms with E-state index >= 15 is 0 Å². The van der Waals surface area contributed by atoms with E-state index in [9.17, 15) is 0 Å². The Morgan fingerprint density at radius 3 is 2.28 bits per heavy atom. The highest BCUT2D eigenvalue weighted by atomic mass is 16.5. The molecule has 1 aromatic heterocycles. The average Bonchev–Trinajstić information content (AvgIpc) is 3.26. The van der Waals surface area contributed by atoms with Crippen LogP contribution in [0.2, 0.25) is 0 Å². The van der Waals surface area contributed by atoms with Crippen LogP contribution in [0.4, 0.5) is 5.95 Å². The Labute approximate surface area is 169 Å². The van der Waals surface area contributed by atoms with Gasteiger partial charge in [0.2, 0.25) is 11.7 Å². The van der Waals surface area contributed by atoms with E-state index in [0.717, 1.165) is 23.2 Å². The van der Waals surface area contributed by atoms with Crippen LogP contribution >= 0.6 is 0 Å². The second-order valence-electron chi connectivity index (χ2n) is 6.69. The maximum Gasteiger partial charge on any atom is 0.226 e. The number of benzene rings is 2. The van der Waals surface area contributed by atoms with E-state index < -0.39 is 0 Å². The summed E-state index contributed by atoms with van der Waals surface area (Å²) in [6, 6.07) is 12.2. The molecule has 1 atom stereocenters. The van der Waals surface area contributed by atoms with Crippen molar-refractivity contribution in [2.45, 2.75) is 19.4 Å². The van der Waals surface area contributed by atoms with Gasteiger partial charge in [0.1, 0.15) is 12.4 Å². The Balaban J connectivity index is 1.82. The van der Waals surface area contributed by atoms with Gasteiger partial charge in [-0.2, -0.15) is 10.1 Å². The second-order valence-corrected chi connectivity index (χ2v) is 6.69. The van der Waals surface area contributed by atoms with Gasteiger partial charge in [-0.15, -0.1) is 0 Å². The third-order valence-corrected chi connectivity index (χ3v) is 5.11. The lowest BCUT2D eigenvalue weighted by Crippen LogP contribution is -2.20. The largest absolute Gasteiger partial charge is 0.493 e. The molecule has 2 aromatic carbocycles. The lowest BCUT2D eigenvalue weighted by Gasteiger charge is -2.25. The zero-order valence-electron chi connectivity index (χ0n) is 17.0. The summed E-state index contributed by atoms with van der Waals surface area (Å²) in [5.74, 6) is 2.44. The molecule has 0 fully saturated rings. The molecule has 1 aliphatic rings. The Hall–Kier alpha value is -3.48. The van der Waals surface area contributed by atoms with Crippen LogP contribution < -0.4 is 19.5 Å². The molecule has 0 amide bonds. The molecule has 4 rings (SSSR count). The van der Waals surface area contributed by atoms with E-state index in [-0.39, 0.29) is 6.04 Å². The number of methoxy groups -OCH3 is 3. The fourth-order valence-corrected chi connectivity index (χ4v) is 3.53. The van der Waals surface area contributed by atoms with Crippen molar-refractivity contribution in [3.05, 3.63) is 65.5 Å². The minimum atomic E-state index is -0.177. The zero-order valence-corrected chi connectivity index (χ0v) is 17.0. The van der Waals surface area contributed by atoms with Gasteiger partial charge in [-0.05, 0) is 41.3 Å². The molecule has 3 aromatic rings. The Morgan fingerprint density at radius 2 is 1.69 bits per heavy atom. The van der Waals surface area contributed by atoms with Crippen molar-refractivity contribution in [2.75, 3.05) is 26.6 Å². The number of hydrogen-bond donors (Lipinski definition) is 1. The van der Waals surface area contributed by atoms with Gasteiger partial charge in [0.15, 0.2) is 11.5 Å². The zero-order chi connectivity index (χ0) is 20.4. The van der Waals surface area contributed by atoms with Crippen LogP contribution in [0, 0.1) is 0 Å². The number of nitrogens with one attached hydrogen (secondary N) is 1. The summed E-state index contributed by atoms with van der Waals surface area (Å²) in [7, 11) is 4.82. The quantitative estimate of drug-likeness (QED) is 0.686. The van der Waals surface area contributed by atoms with Crippen molar-refractivity contribution in [2.24, 2.45) is 0 Å². The first-order chi connectivity index (χ1) is 14.2. The molecule has 29 heavy (non-hydrogen) atoms. The van der Waals surface area contributed by atoms with Gasteiger partial charge in [-0.25, -0.2) is 4.68 Å². The summed E-state index contributed by atoms with van der Waals surface area (Å²) in [5, 5.41) is 7.78. The molecule has 2 heterocycles. The fraction of sp³-hybridized carbons (Fsp3) is 0.273. The monoisotopic (exact) mass is 392 g/mol. The number of hydrogen-bond acceptors (Lipinski definition) is 6. The smallest absolute Gasteiger partial charge is 0.226 e. The molecule has 0 radical (unpaired) electrons. The highest BCUT2D eigenvalue weighted by Gasteiger charge is 2.26. The first-order valence-electron chi connectivity index (χ1n) is 9.46. The standard InChI is InChI=1S/C22H24N4O3/c1-5-14-6-8-15(9-7-14)17-12-18(26-22(25-17)23-13-24-26)16-10-19(27-2)21(29-4)20(11-16)28-3/h6-13,18H,5H2,1-4H3,(H,23,24,25). The van der Waals surface area contributed by atoms with E-state index in [1.54, 1.807) is 27.7 Å². The van der Waals surface area contributed by atoms with Crippen molar-refractivity contribution in [1.29, 1.82) is 0 Å². The third kappa shape index (κ3) is 3.40. The summed E-state index contributed by atoms with van der Waals surface area (Å²) in [6.45, 7) is 2.15. The van der Waals surface area contributed by atoms with Gasteiger partial charge in [0, 0.05) is 5.70 Å². The number of allylic oxidation sites excluding steroid dienone is 1. The van der Waals surface area contributed by atoms with Crippen molar-refractivity contribution in [3.8, 4) is 17.2 Å². The van der Waals surface area contributed by atoms with Crippen molar-refractivity contribution in [1.82, 2.24) is 14.8 Å². The van der Waals surface area contributed by atoms with Crippen LogP contribution in [-0.2, 0) is 6.42 Å². The maximum atomic E-state index is 5.53. The fourth-order valence-electron chi connectivity index (χ4n) is 3.53. The summed E-state index contributed by atoms with van der Waals surface area (Å²) in [5.41, 5.74) is 4.32. The summed E-state index contributed by atoms with van der Waals surface area (Å²) >= 11 is 0. The number of aryl methyl sites for hydroxylation is 1. The molecular formula is C22H24N4O3. The van der Waals surface area contributed by atoms with Gasteiger partial charge in [0.05, 0.1) is 21.3 Å². The maximum absolute atomic E-state index is 5.53. The third-order valence-electron chi connectivity index (χ3n) is 5.11. The minimum Gasteiger partial charge on any atom is -0.493 e. The van der Waals surface area contributed by atoms with Gasteiger partial charge in [0.25, 0.3) is 0 Å². The van der Waals surface area contributed by atoms with E-state index in [4.69, 9.17) is 14.2 Å². The van der Waals surface area contributed by atoms with E-state index in [0.29, 0.717) is 23.2 Å². The molecule has 0 bridgehead atoms. The van der Waals surface area contributed by atoms with Gasteiger partial charge >= 0.3 is 0 Å². The van der Waals surface area contributed by atoms with E-state index in [2.05, 4.69) is 52.7 Å². The normalized spacial score (nSPS) is 15.2. The minimum absolute atomic E-state index is 0.177. The highest BCUT2D eigenvalue weighted by molar-refractivity contribution is 5.77. The van der Waals surface area contributed by atoms with Crippen LogP contribution in [-0.4, -0.2) is 36.1 Å². The lowest BCUT2D eigenvalue weighted by atomic mass is 10.00. The van der Waals surface area contributed by atoms with Crippen LogP contribution in [0.15, 0.2) is 48.8 Å². The molecule has 0 saturated carbocycles. The molecule has 150 valence electrons. The lowest BCUT2D eigenvalue weighted by molar-refractivity contribution is 0.323. The second kappa shape index (κ2) is 7.87. The van der Waals surface area contributed by atoms with Crippen molar-refractivity contribution in [3.63, 3.8) is 0 Å². The van der Waals surface area contributed by atoms with Crippen molar-refractivity contribution < 1.29 is 14.2 Å². The number of rotatable bonds is 6. The predicted molar refractivity (Wildman–Crippen MR) is 112 cm³/mol. The first kappa shape index (κ1) is 18.9. The molecule has 0 spiro atoms. The first-order valence-corrected chi connectivity index (χ1v) is 9.46. The average molecular weight is 392 g/mol. The molecule has 7 nitrogen and oxygen atoms in total. The van der Waals surface area contributed by atoms with Gasteiger partial charge < -0.3 is 19.5 Å². The van der Waals surface area contributed by atoms with Crippen LogP contribution in [0.1, 0.15) is 29.7 Å². The van der Waals surface area contributed by atoms with Crippen molar-refractivity contribution >= 4 is 11.6 Å². The predicted octanol–water partition coefficient (Wildman–Crippen LogP) is 3.92. The van der Waals surface area contributed by atoms with Crippen LogP contribution in [0.5, 0.6) is 17.2 Å². The van der Waals surface area contributed by atoms with Gasteiger partial charge in [-0.3, -0.25) is 0 Å². The van der Waals surface area contributed by atoms with Gasteiger partial charge in [-0.1, -0.05) is 31.2 Å². The number of aromatic nitrogens is 3. The number of ether oxygens (including phenoxy) is 3. The molecule has 7 heteroatoms. The van der Waals surface area contributed by atoms with E-state index in [1.165, 1.54) is 5.56 Å². The molecule has 1 N–H and O–H groups in total. The number of anilines is 1. The molecule has 1 unspecified atom stereocenters. The topological polar surface area (TPSA) is 70.4 Å².